The smallest absolute Gasteiger partial charge is 0.0832 e. The van der Waals surface area contributed by atoms with Gasteiger partial charge in [-0.05, 0) is 39.5 Å². The average molecular weight is 184 g/mol. The Morgan fingerprint density at radius 3 is 2.31 bits per heavy atom. The highest BCUT2D eigenvalue weighted by molar-refractivity contribution is 5.08. The van der Waals surface area contributed by atoms with E-state index in [-0.39, 0.29) is 0 Å². The van der Waals surface area contributed by atoms with Crippen LogP contribution in [0.4, 0.5) is 0 Å². The van der Waals surface area contributed by atoms with Gasteiger partial charge in [-0.15, -0.1) is 0 Å². The molecule has 1 saturated carbocycles. The summed E-state index contributed by atoms with van der Waals surface area (Å²) in [6.45, 7) is 4.06. The van der Waals surface area contributed by atoms with Crippen molar-refractivity contribution in [2.75, 3.05) is 7.11 Å². The predicted molar refractivity (Wildman–Crippen MR) is 53.6 cm³/mol. The Hall–Kier alpha value is -0.340. The number of ether oxygens (including phenoxy) is 1. The minimum Gasteiger partial charge on any atom is -0.386 e. The molecule has 0 aromatic heterocycles. The van der Waals surface area contributed by atoms with Gasteiger partial charge in [0.25, 0.3) is 0 Å². The lowest BCUT2D eigenvalue weighted by Crippen LogP contribution is -2.34. The molecular formula is C11H20O2. The monoisotopic (exact) mass is 184 g/mol. The zero-order valence-corrected chi connectivity index (χ0v) is 8.84. The lowest BCUT2D eigenvalue weighted by Gasteiger charge is -2.33. The van der Waals surface area contributed by atoms with Gasteiger partial charge in [0.2, 0.25) is 0 Å². The van der Waals surface area contributed by atoms with Crippen LogP contribution in [0.2, 0.25) is 0 Å². The third kappa shape index (κ3) is 3.12. The molecule has 1 N–H and O–H groups in total. The fourth-order valence-corrected chi connectivity index (χ4v) is 2.01. The van der Waals surface area contributed by atoms with E-state index in [1.807, 2.05) is 19.9 Å². The van der Waals surface area contributed by atoms with Crippen LogP contribution in [0.1, 0.15) is 39.5 Å². The summed E-state index contributed by atoms with van der Waals surface area (Å²) in [6.07, 6.45) is 5.94. The molecule has 1 aliphatic rings. The maximum Gasteiger partial charge on any atom is 0.0832 e. The molecule has 13 heavy (non-hydrogen) atoms. The first-order valence-electron chi connectivity index (χ1n) is 4.97. The largest absolute Gasteiger partial charge is 0.386 e. The highest BCUT2D eigenvalue weighted by Gasteiger charge is 2.30. The van der Waals surface area contributed by atoms with E-state index in [4.69, 9.17) is 4.74 Å². The number of methoxy groups -OCH3 is 1. The number of allylic oxidation sites excluding steroid dienone is 1. The lowest BCUT2D eigenvalue weighted by molar-refractivity contribution is -0.0141. The number of aliphatic hydroxyl groups is 1. The van der Waals surface area contributed by atoms with Crippen LogP contribution >= 0.6 is 0 Å². The third-order valence-electron chi connectivity index (χ3n) is 2.69. The van der Waals surface area contributed by atoms with Crippen molar-refractivity contribution in [2.45, 2.75) is 51.2 Å². The fourth-order valence-electron chi connectivity index (χ4n) is 2.01. The van der Waals surface area contributed by atoms with E-state index in [0.29, 0.717) is 6.10 Å². The Kier molecular flexibility index (Phi) is 3.51. The summed E-state index contributed by atoms with van der Waals surface area (Å²) in [4.78, 5) is 0. The van der Waals surface area contributed by atoms with Crippen molar-refractivity contribution in [1.82, 2.24) is 0 Å². The molecule has 0 radical (unpaired) electrons. The predicted octanol–water partition coefficient (Wildman–Crippen LogP) is 2.27. The molecule has 0 spiro atoms. The van der Waals surface area contributed by atoms with E-state index in [1.165, 1.54) is 5.57 Å². The Morgan fingerprint density at radius 2 is 1.92 bits per heavy atom. The Bertz CT molecular complexity index is 184. The lowest BCUT2D eigenvalue weighted by atomic mass is 9.82. The van der Waals surface area contributed by atoms with Gasteiger partial charge < -0.3 is 9.84 Å². The van der Waals surface area contributed by atoms with Crippen molar-refractivity contribution in [2.24, 2.45) is 0 Å². The number of hydrogen-bond acceptors (Lipinski definition) is 2. The van der Waals surface area contributed by atoms with Crippen LogP contribution < -0.4 is 0 Å². The fraction of sp³-hybridized carbons (Fsp3) is 0.818. The van der Waals surface area contributed by atoms with Gasteiger partial charge in [0.15, 0.2) is 0 Å². The van der Waals surface area contributed by atoms with Gasteiger partial charge in [-0.2, -0.15) is 0 Å². The van der Waals surface area contributed by atoms with E-state index in [0.717, 1.165) is 25.7 Å². The van der Waals surface area contributed by atoms with E-state index < -0.39 is 5.60 Å². The van der Waals surface area contributed by atoms with E-state index in [1.54, 1.807) is 7.11 Å². The third-order valence-corrected chi connectivity index (χ3v) is 2.69. The van der Waals surface area contributed by atoms with Crippen molar-refractivity contribution < 1.29 is 9.84 Å². The van der Waals surface area contributed by atoms with Gasteiger partial charge in [0.05, 0.1) is 11.7 Å². The van der Waals surface area contributed by atoms with Crippen LogP contribution in [0.3, 0.4) is 0 Å². The number of rotatable bonds is 2. The molecule has 1 fully saturated rings. The van der Waals surface area contributed by atoms with E-state index >= 15 is 0 Å². The summed E-state index contributed by atoms with van der Waals surface area (Å²) in [5, 5.41) is 10.1. The maximum atomic E-state index is 10.1. The zero-order chi connectivity index (χ0) is 9.90. The summed E-state index contributed by atoms with van der Waals surface area (Å²) >= 11 is 0. The van der Waals surface area contributed by atoms with Crippen molar-refractivity contribution in [3.05, 3.63) is 11.6 Å². The molecule has 0 heterocycles. The first-order chi connectivity index (χ1) is 6.06. The molecule has 2 heteroatoms. The second kappa shape index (κ2) is 4.25. The minimum absolute atomic E-state index is 0.353. The number of hydrogen-bond donors (Lipinski definition) is 1. The molecule has 0 atom stereocenters. The summed E-state index contributed by atoms with van der Waals surface area (Å²) < 4.78 is 5.26. The molecule has 0 bridgehead atoms. The van der Waals surface area contributed by atoms with Gasteiger partial charge >= 0.3 is 0 Å². The highest BCUT2D eigenvalue weighted by atomic mass is 16.5. The minimum atomic E-state index is -0.562. The summed E-state index contributed by atoms with van der Waals surface area (Å²) in [6, 6.07) is 0. The summed E-state index contributed by atoms with van der Waals surface area (Å²) in [7, 11) is 1.75. The molecule has 1 aliphatic carbocycles. The van der Waals surface area contributed by atoms with Crippen molar-refractivity contribution in [1.29, 1.82) is 0 Å². The molecule has 0 aromatic carbocycles. The van der Waals surface area contributed by atoms with Crippen LogP contribution in [0.15, 0.2) is 11.6 Å². The molecule has 1 rings (SSSR count). The van der Waals surface area contributed by atoms with Crippen molar-refractivity contribution in [3.63, 3.8) is 0 Å². The average Bonchev–Trinajstić information content (AvgIpc) is 2.04. The van der Waals surface area contributed by atoms with Crippen LogP contribution in [0.25, 0.3) is 0 Å². The highest BCUT2D eigenvalue weighted by Crippen LogP contribution is 2.31. The van der Waals surface area contributed by atoms with Crippen LogP contribution in [-0.2, 0) is 4.74 Å². The zero-order valence-electron chi connectivity index (χ0n) is 8.84. The van der Waals surface area contributed by atoms with Gasteiger partial charge in [-0.1, -0.05) is 11.6 Å². The van der Waals surface area contributed by atoms with Gasteiger partial charge in [0.1, 0.15) is 0 Å². The molecule has 0 aromatic rings. The van der Waals surface area contributed by atoms with Gasteiger partial charge in [-0.25, -0.2) is 0 Å². The van der Waals surface area contributed by atoms with E-state index in [9.17, 15) is 5.11 Å². The Balaban J connectivity index is 2.51. The van der Waals surface area contributed by atoms with Crippen molar-refractivity contribution >= 4 is 0 Å². The molecular weight excluding hydrogens is 164 g/mol. The molecule has 76 valence electrons. The normalized spacial score (nSPS) is 34.3. The molecule has 0 unspecified atom stereocenters. The second-order valence-electron chi connectivity index (χ2n) is 4.26. The Morgan fingerprint density at radius 1 is 1.38 bits per heavy atom. The van der Waals surface area contributed by atoms with Crippen LogP contribution in [-0.4, -0.2) is 23.9 Å². The van der Waals surface area contributed by atoms with Crippen molar-refractivity contribution in [3.8, 4) is 0 Å². The molecule has 0 aliphatic heterocycles. The van der Waals surface area contributed by atoms with Gasteiger partial charge in [0, 0.05) is 7.11 Å². The quantitative estimate of drug-likeness (QED) is 0.667. The van der Waals surface area contributed by atoms with Gasteiger partial charge in [-0.3, -0.25) is 0 Å². The standard InChI is InChI=1S/C11H20O2/c1-9(2)8-11(12)6-4-10(13-3)5-7-11/h8,10,12H,4-7H2,1-3H3. The topological polar surface area (TPSA) is 29.5 Å². The first kappa shape index (κ1) is 10.7. The molecule has 2 nitrogen and oxygen atoms in total. The Labute approximate surface area is 80.6 Å². The van der Waals surface area contributed by atoms with E-state index in [2.05, 4.69) is 0 Å². The molecule has 0 saturated heterocycles. The maximum absolute atomic E-state index is 10.1. The van der Waals surface area contributed by atoms with Crippen LogP contribution in [0, 0.1) is 0 Å². The summed E-state index contributed by atoms with van der Waals surface area (Å²) in [5.74, 6) is 0. The molecule has 0 amide bonds. The SMILES string of the molecule is COC1CCC(O)(C=C(C)C)CC1. The summed E-state index contributed by atoms with van der Waals surface area (Å²) in [5.41, 5.74) is 0.631. The first-order valence-corrected chi connectivity index (χ1v) is 4.97. The second-order valence-corrected chi connectivity index (χ2v) is 4.26. The van der Waals surface area contributed by atoms with Crippen LogP contribution in [0.5, 0.6) is 0 Å².